The normalized spacial score (nSPS) is 11.4. The van der Waals surface area contributed by atoms with Gasteiger partial charge in [-0.2, -0.15) is 0 Å². The molecule has 3 rings (SSSR count). The highest BCUT2D eigenvalue weighted by Gasteiger charge is 2.40. The van der Waals surface area contributed by atoms with Crippen molar-refractivity contribution in [2.75, 3.05) is 33.1 Å². The lowest BCUT2D eigenvalue weighted by atomic mass is 9.98. The molecule has 0 saturated carbocycles. The molecule has 1 unspecified atom stereocenters. The zero-order valence-corrected chi connectivity index (χ0v) is 22.2. The fraction of sp³-hybridized carbons (Fsp3) is 0.231. The van der Waals surface area contributed by atoms with Crippen molar-refractivity contribution in [3.8, 4) is 0 Å². The number of ketones is 1. The van der Waals surface area contributed by atoms with Gasteiger partial charge in [0.15, 0.2) is 11.7 Å². The summed E-state index contributed by atoms with van der Waals surface area (Å²) < 4.78 is 0. The van der Waals surface area contributed by atoms with Crippen molar-refractivity contribution in [2.45, 2.75) is 6.54 Å². The molecule has 0 bridgehead atoms. The molecule has 0 N–H and O–H groups in total. The Morgan fingerprint density at radius 3 is 2.08 bits per heavy atom. The van der Waals surface area contributed by atoms with Crippen LogP contribution < -0.4 is 4.90 Å². The van der Waals surface area contributed by atoms with E-state index in [0.29, 0.717) is 21.8 Å². The molecule has 1 heterocycles. The van der Waals surface area contributed by atoms with Gasteiger partial charge in [-0.05, 0) is 42.0 Å². The number of amides is 3. The molecule has 0 fully saturated rings. The van der Waals surface area contributed by atoms with E-state index >= 15 is 0 Å². The van der Waals surface area contributed by atoms with Gasteiger partial charge in [-0.15, -0.1) is 0 Å². The van der Waals surface area contributed by atoms with Gasteiger partial charge < -0.3 is 14.7 Å². The molecule has 0 aliphatic rings. The number of nitrogens with zero attached hydrogens (tertiary/aromatic N) is 5. The monoisotopic (exact) mass is 541 g/mol. The lowest BCUT2D eigenvalue weighted by Gasteiger charge is -2.28. The van der Waals surface area contributed by atoms with Crippen molar-refractivity contribution >= 4 is 52.4 Å². The van der Waals surface area contributed by atoms with Crippen molar-refractivity contribution in [3.05, 3.63) is 87.9 Å². The molecule has 192 valence electrons. The quantitative estimate of drug-likeness (QED) is 0.318. The SMILES string of the molecule is CN(C)C(=O)c1cccc(N(Cc2ccc(Cl)c(Cl)c2)C(=O)C(C(=O)c2ncccn2)C(=O)N(C)C)c1. The van der Waals surface area contributed by atoms with E-state index in [1.807, 2.05) is 0 Å². The Balaban J connectivity index is 2.14. The summed E-state index contributed by atoms with van der Waals surface area (Å²) in [5, 5.41) is 0.608. The molecule has 11 heteroatoms. The molecule has 1 aromatic heterocycles. The van der Waals surface area contributed by atoms with Gasteiger partial charge in [-0.3, -0.25) is 19.2 Å². The predicted molar refractivity (Wildman–Crippen MR) is 141 cm³/mol. The van der Waals surface area contributed by atoms with Crippen LogP contribution in [0.15, 0.2) is 60.9 Å². The zero-order chi connectivity index (χ0) is 27.3. The Bertz CT molecular complexity index is 1330. The topological polar surface area (TPSA) is 104 Å². The van der Waals surface area contributed by atoms with Crippen molar-refractivity contribution in [3.63, 3.8) is 0 Å². The van der Waals surface area contributed by atoms with Crippen LogP contribution >= 0.6 is 23.2 Å². The highest BCUT2D eigenvalue weighted by atomic mass is 35.5. The van der Waals surface area contributed by atoms with Gasteiger partial charge in [-0.1, -0.05) is 35.3 Å². The average molecular weight is 542 g/mol. The molecular formula is C26H25Cl2N5O4. The average Bonchev–Trinajstić information content (AvgIpc) is 2.89. The maximum atomic E-state index is 14.0. The predicted octanol–water partition coefficient (Wildman–Crippen LogP) is 3.61. The van der Waals surface area contributed by atoms with E-state index in [-0.39, 0.29) is 23.3 Å². The van der Waals surface area contributed by atoms with Crippen LogP contribution in [0.25, 0.3) is 0 Å². The number of Topliss-reactive ketones (excluding diaryl/α,β-unsaturated/α-hetero) is 1. The molecule has 9 nitrogen and oxygen atoms in total. The number of carbonyl (C=O) groups is 4. The molecular weight excluding hydrogens is 517 g/mol. The second-order valence-corrected chi connectivity index (χ2v) is 9.34. The molecule has 0 aliphatic carbocycles. The van der Waals surface area contributed by atoms with Crippen LogP contribution in [-0.4, -0.2) is 71.5 Å². The lowest BCUT2D eigenvalue weighted by Crippen LogP contribution is -2.47. The Labute approximate surface area is 224 Å². The van der Waals surface area contributed by atoms with Gasteiger partial charge in [0, 0.05) is 51.8 Å². The van der Waals surface area contributed by atoms with E-state index in [4.69, 9.17) is 23.2 Å². The summed E-state index contributed by atoms with van der Waals surface area (Å²) in [5.74, 6) is -4.68. The smallest absolute Gasteiger partial charge is 0.253 e. The summed E-state index contributed by atoms with van der Waals surface area (Å²) in [6.07, 6.45) is 2.71. The Kier molecular flexibility index (Phi) is 8.96. The minimum Gasteiger partial charge on any atom is -0.348 e. The highest BCUT2D eigenvalue weighted by molar-refractivity contribution is 6.42. The Morgan fingerprint density at radius 2 is 1.49 bits per heavy atom. The van der Waals surface area contributed by atoms with Gasteiger partial charge in [0.05, 0.1) is 16.6 Å². The highest BCUT2D eigenvalue weighted by Crippen LogP contribution is 2.27. The molecule has 0 spiro atoms. The van der Waals surface area contributed by atoms with E-state index in [1.165, 1.54) is 48.4 Å². The first kappa shape index (κ1) is 27.8. The summed E-state index contributed by atoms with van der Waals surface area (Å²) in [6, 6.07) is 12.7. The van der Waals surface area contributed by atoms with E-state index in [0.717, 1.165) is 4.90 Å². The van der Waals surface area contributed by atoms with Crippen molar-refractivity contribution in [1.29, 1.82) is 0 Å². The molecule has 0 saturated heterocycles. The van der Waals surface area contributed by atoms with Gasteiger partial charge in [0.2, 0.25) is 17.6 Å². The number of benzene rings is 2. The Morgan fingerprint density at radius 1 is 0.811 bits per heavy atom. The number of aromatic nitrogens is 2. The number of rotatable bonds is 8. The molecule has 3 amide bonds. The van der Waals surface area contributed by atoms with Crippen LogP contribution in [0, 0.1) is 5.92 Å². The number of carbonyl (C=O) groups excluding carboxylic acids is 4. The van der Waals surface area contributed by atoms with Gasteiger partial charge >= 0.3 is 0 Å². The fourth-order valence-electron chi connectivity index (χ4n) is 3.48. The van der Waals surface area contributed by atoms with E-state index < -0.39 is 23.5 Å². The summed E-state index contributed by atoms with van der Waals surface area (Å²) in [4.78, 5) is 64.8. The van der Waals surface area contributed by atoms with Crippen LogP contribution in [0.2, 0.25) is 10.0 Å². The van der Waals surface area contributed by atoms with Crippen LogP contribution in [0.4, 0.5) is 5.69 Å². The van der Waals surface area contributed by atoms with Gasteiger partial charge in [0.25, 0.3) is 5.91 Å². The lowest BCUT2D eigenvalue weighted by molar-refractivity contribution is -0.137. The summed E-state index contributed by atoms with van der Waals surface area (Å²) >= 11 is 12.2. The minimum absolute atomic E-state index is 0.0601. The third-order valence-corrected chi connectivity index (χ3v) is 6.12. The van der Waals surface area contributed by atoms with E-state index in [9.17, 15) is 19.2 Å². The third-order valence-electron chi connectivity index (χ3n) is 5.38. The van der Waals surface area contributed by atoms with Crippen LogP contribution in [0.1, 0.15) is 26.5 Å². The van der Waals surface area contributed by atoms with Gasteiger partial charge in [-0.25, -0.2) is 9.97 Å². The third kappa shape index (κ3) is 6.49. The number of hydrogen-bond donors (Lipinski definition) is 0. The molecule has 0 aliphatic heterocycles. The first-order valence-corrected chi connectivity index (χ1v) is 11.9. The minimum atomic E-state index is -1.76. The van der Waals surface area contributed by atoms with Gasteiger partial charge in [0.1, 0.15) is 0 Å². The van der Waals surface area contributed by atoms with Crippen molar-refractivity contribution in [1.82, 2.24) is 19.8 Å². The van der Waals surface area contributed by atoms with Crippen molar-refractivity contribution in [2.24, 2.45) is 5.92 Å². The summed E-state index contributed by atoms with van der Waals surface area (Å²) in [6.45, 7) is -0.0601. The molecule has 3 aromatic rings. The number of hydrogen-bond acceptors (Lipinski definition) is 6. The van der Waals surface area contributed by atoms with Crippen LogP contribution in [0.5, 0.6) is 0 Å². The number of halogens is 2. The second-order valence-electron chi connectivity index (χ2n) is 8.53. The van der Waals surface area contributed by atoms with E-state index in [2.05, 4.69) is 9.97 Å². The van der Waals surface area contributed by atoms with E-state index in [1.54, 1.807) is 50.5 Å². The molecule has 2 aromatic carbocycles. The second kappa shape index (κ2) is 11.9. The largest absolute Gasteiger partial charge is 0.348 e. The first-order chi connectivity index (χ1) is 17.5. The standard InChI is InChI=1S/C26H25Cl2N5O4/c1-31(2)24(35)17-7-5-8-18(14-17)33(15-16-9-10-19(27)20(28)13-16)26(37)21(25(36)32(3)4)22(34)23-29-11-6-12-30-23/h5-14,21H,15H2,1-4H3. The summed E-state index contributed by atoms with van der Waals surface area (Å²) in [5.41, 5.74) is 1.22. The van der Waals surface area contributed by atoms with Crippen LogP contribution in [-0.2, 0) is 16.1 Å². The first-order valence-electron chi connectivity index (χ1n) is 11.1. The van der Waals surface area contributed by atoms with Crippen LogP contribution in [0.3, 0.4) is 0 Å². The molecule has 0 radical (unpaired) electrons. The maximum Gasteiger partial charge on any atom is 0.253 e. The van der Waals surface area contributed by atoms with Crippen molar-refractivity contribution < 1.29 is 19.2 Å². The fourth-order valence-corrected chi connectivity index (χ4v) is 3.80. The molecule has 37 heavy (non-hydrogen) atoms. The number of anilines is 1. The Hall–Kier alpha value is -3.82. The maximum absolute atomic E-state index is 14.0. The molecule has 1 atom stereocenters. The zero-order valence-electron chi connectivity index (χ0n) is 20.7. The summed E-state index contributed by atoms with van der Waals surface area (Å²) in [7, 11) is 6.11.